The van der Waals surface area contributed by atoms with Gasteiger partial charge in [0.2, 0.25) is 0 Å². The average Bonchev–Trinajstić information content (AvgIpc) is 2.63. The number of aromatic nitrogens is 3. The summed E-state index contributed by atoms with van der Waals surface area (Å²) in [4.78, 5) is 4.13. The van der Waals surface area contributed by atoms with Crippen LogP contribution >= 0.6 is 11.8 Å². The second-order valence-corrected chi connectivity index (χ2v) is 4.18. The van der Waals surface area contributed by atoms with Crippen molar-refractivity contribution >= 4 is 11.8 Å². The molecule has 1 heterocycles. The Morgan fingerprint density at radius 1 is 1.67 bits per heavy atom. The minimum atomic E-state index is 0.163. The van der Waals surface area contributed by atoms with Gasteiger partial charge in [-0.2, -0.15) is 5.10 Å². The van der Waals surface area contributed by atoms with E-state index < -0.39 is 0 Å². The van der Waals surface area contributed by atoms with Gasteiger partial charge in [0.1, 0.15) is 6.33 Å². The Hall–Kier alpha value is -0.590. The van der Waals surface area contributed by atoms with Crippen molar-refractivity contribution in [1.82, 2.24) is 14.8 Å². The monoisotopic (exact) mass is 230 g/mol. The zero-order valence-corrected chi connectivity index (χ0v) is 10.0. The molecule has 1 aromatic heterocycles. The Labute approximate surface area is 94.4 Å². The molecular weight excluding hydrogens is 212 g/mol. The van der Waals surface area contributed by atoms with Gasteiger partial charge in [0.25, 0.3) is 0 Å². The largest absolute Gasteiger partial charge is 0.377 e. The van der Waals surface area contributed by atoms with E-state index in [1.807, 2.05) is 14.0 Å². The van der Waals surface area contributed by atoms with Gasteiger partial charge >= 0.3 is 0 Å². The van der Waals surface area contributed by atoms with Crippen molar-refractivity contribution in [2.24, 2.45) is 12.8 Å². The molecule has 0 aliphatic heterocycles. The molecule has 0 spiro atoms. The lowest BCUT2D eigenvalue weighted by molar-refractivity contribution is 0.0674. The van der Waals surface area contributed by atoms with Crippen molar-refractivity contribution in [2.75, 3.05) is 18.9 Å². The highest BCUT2D eigenvalue weighted by molar-refractivity contribution is 7.99. The van der Waals surface area contributed by atoms with Crippen LogP contribution in [0.15, 0.2) is 11.5 Å². The van der Waals surface area contributed by atoms with Gasteiger partial charge in [-0.05, 0) is 13.3 Å². The van der Waals surface area contributed by atoms with Crippen LogP contribution in [-0.4, -0.2) is 39.8 Å². The molecule has 0 fully saturated rings. The minimum Gasteiger partial charge on any atom is -0.377 e. The third kappa shape index (κ3) is 4.19. The quantitative estimate of drug-likeness (QED) is 0.697. The molecule has 0 aromatic carbocycles. The molecule has 1 atom stereocenters. The number of rotatable bonds is 7. The summed E-state index contributed by atoms with van der Waals surface area (Å²) in [5, 5.41) is 4.93. The van der Waals surface area contributed by atoms with Crippen molar-refractivity contribution in [3.63, 3.8) is 0 Å². The van der Waals surface area contributed by atoms with Gasteiger partial charge in [-0.1, -0.05) is 11.8 Å². The molecule has 0 aliphatic carbocycles. The highest BCUT2D eigenvalue weighted by Gasteiger charge is 2.07. The van der Waals surface area contributed by atoms with E-state index in [2.05, 4.69) is 10.1 Å². The van der Waals surface area contributed by atoms with Crippen molar-refractivity contribution in [3.05, 3.63) is 6.33 Å². The normalized spacial score (nSPS) is 13.0. The maximum atomic E-state index is 5.58. The number of aryl methyl sites for hydroxylation is 1. The predicted octanol–water partition coefficient (Wildman–Crippen LogP) is 0.661. The van der Waals surface area contributed by atoms with Gasteiger partial charge in [-0.15, -0.1) is 0 Å². The average molecular weight is 230 g/mol. The van der Waals surface area contributed by atoms with E-state index in [1.54, 1.807) is 22.8 Å². The summed E-state index contributed by atoms with van der Waals surface area (Å²) in [6.45, 7) is 3.28. The van der Waals surface area contributed by atoms with Crippen LogP contribution in [0.3, 0.4) is 0 Å². The second kappa shape index (κ2) is 6.81. The molecule has 0 bridgehead atoms. The molecule has 0 saturated carbocycles. The molecular formula is C9H18N4OS. The number of nitrogens with two attached hydrogens (primary N) is 1. The molecule has 0 radical (unpaired) electrons. The number of hydrogen-bond acceptors (Lipinski definition) is 5. The van der Waals surface area contributed by atoms with E-state index in [0.717, 1.165) is 23.9 Å². The van der Waals surface area contributed by atoms with E-state index in [-0.39, 0.29) is 6.10 Å². The van der Waals surface area contributed by atoms with Gasteiger partial charge in [0.05, 0.1) is 6.10 Å². The molecule has 0 saturated heterocycles. The zero-order chi connectivity index (χ0) is 11.1. The van der Waals surface area contributed by atoms with Gasteiger partial charge in [-0.25, -0.2) is 9.67 Å². The fourth-order valence-electron chi connectivity index (χ4n) is 1.20. The van der Waals surface area contributed by atoms with Crippen molar-refractivity contribution in [3.8, 4) is 0 Å². The van der Waals surface area contributed by atoms with Crippen LogP contribution in [-0.2, 0) is 11.8 Å². The fourth-order valence-corrected chi connectivity index (χ4v) is 2.12. The van der Waals surface area contributed by atoms with Crippen LogP contribution in [0.1, 0.15) is 13.3 Å². The van der Waals surface area contributed by atoms with Gasteiger partial charge < -0.3 is 10.5 Å². The smallest absolute Gasteiger partial charge is 0.185 e. The predicted molar refractivity (Wildman–Crippen MR) is 60.8 cm³/mol. The Kier molecular flexibility index (Phi) is 5.67. The molecule has 1 rings (SSSR count). The Morgan fingerprint density at radius 3 is 3.00 bits per heavy atom. The first kappa shape index (κ1) is 12.5. The number of hydrogen-bond donors (Lipinski definition) is 1. The summed E-state index contributed by atoms with van der Waals surface area (Å²) < 4.78 is 7.23. The molecule has 0 aliphatic rings. The van der Waals surface area contributed by atoms with Crippen LogP contribution < -0.4 is 5.73 Å². The Balaban J connectivity index is 2.23. The summed E-state index contributed by atoms with van der Waals surface area (Å²) in [5.41, 5.74) is 5.58. The summed E-state index contributed by atoms with van der Waals surface area (Å²) in [5.74, 6) is 0.953. The maximum Gasteiger partial charge on any atom is 0.185 e. The fraction of sp³-hybridized carbons (Fsp3) is 0.778. The van der Waals surface area contributed by atoms with Gasteiger partial charge in [0.15, 0.2) is 5.16 Å². The number of ether oxygens (including phenoxy) is 1. The maximum absolute atomic E-state index is 5.58. The van der Waals surface area contributed by atoms with Gasteiger partial charge in [-0.3, -0.25) is 0 Å². The molecule has 15 heavy (non-hydrogen) atoms. The van der Waals surface area contributed by atoms with Crippen LogP contribution in [0.4, 0.5) is 0 Å². The molecule has 86 valence electrons. The summed E-state index contributed by atoms with van der Waals surface area (Å²) in [6.07, 6.45) is 2.67. The van der Waals surface area contributed by atoms with Gasteiger partial charge in [0, 0.05) is 26.0 Å². The lowest BCUT2D eigenvalue weighted by Crippen LogP contribution is -2.24. The highest BCUT2D eigenvalue weighted by atomic mass is 32.2. The molecule has 1 aromatic rings. The summed E-state index contributed by atoms with van der Waals surface area (Å²) >= 11 is 1.68. The Morgan fingerprint density at radius 2 is 2.47 bits per heavy atom. The van der Waals surface area contributed by atoms with Crippen LogP contribution in [0, 0.1) is 0 Å². The van der Waals surface area contributed by atoms with Crippen LogP contribution in [0.25, 0.3) is 0 Å². The first-order valence-electron chi connectivity index (χ1n) is 5.06. The van der Waals surface area contributed by atoms with Crippen molar-refractivity contribution < 1.29 is 4.74 Å². The molecule has 6 heteroatoms. The van der Waals surface area contributed by atoms with Crippen molar-refractivity contribution in [1.29, 1.82) is 0 Å². The van der Waals surface area contributed by atoms with E-state index in [0.29, 0.717) is 6.54 Å². The standard InChI is InChI=1S/C9H18N4OS/c1-3-14-8(6-10)4-5-15-9-11-7-12-13(9)2/h7-8H,3-6,10H2,1-2H3. The molecule has 0 amide bonds. The lowest BCUT2D eigenvalue weighted by Gasteiger charge is -2.13. The molecule has 2 N–H and O–H groups in total. The first-order chi connectivity index (χ1) is 7.27. The van der Waals surface area contributed by atoms with E-state index >= 15 is 0 Å². The second-order valence-electron chi connectivity index (χ2n) is 3.12. The van der Waals surface area contributed by atoms with E-state index in [1.165, 1.54) is 0 Å². The first-order valence-corrected chi connectivity index (χ1v) is 6.05. The summed E-state index contributed by atoms with van der Waals surface area (Å²) in [6, 6.07) is 0. The minimum absolute atomic E-state index is 0.163. The SMILES string of the molecule is CCOC(CN)CCSc1ncnn1C. The molecule has 5 nitrogen and oxygen atoms in total. The van der Waals surface area contributed by atoms with Crippen LogP contribution in [0.5, 0.6) is 0 Å². The molecule has 1 unspecified atom stereocenters. The van der Waals surface area contributed by atoms with Crippen molar-refractivity contribution in [2.45, 2.75) is 24.6 Å². The third-order valence-corrected chi connectivity index (χ3v) is 3.07. The van der Waals surface area contributed by atoms with Crippen LogP contribution in [0.2, 0.25) is 0 Å². The zero-order valence-electron chi connectivity index (χ0n) is 9.22. The number of thioether (sulfide) groups is 1. The third-order valence-electron chi connectivity index (χ3n) is 2.01. The van der Waals surface area contributed by atoms with E-state index in [4.69, 9.17) is 10.5 Å². The summed E-state index contributed by atoms with van der Waals surface area (Å²) in [7, 11) is 1.89. The topological polar surface area (TPSA) is 66.0 Å². The highest BCUT2D eigenvalue weighted by Crippen LogP contribution is 2.15. The van der Waals surface area contributed by atoms with E-state index in [9.17, 15) is 0 Å². The number of nitrogens with zero attached hydrogens (tertiary/aromatic N) is 3. The lowest BCUT2D eigenvalue weighted by atomic mass is 10.3. The Bertz CT molecular complexity index is 279.